The van der Waals surface area contributed by atoms with Crippen molar-refractivity contribution in [2.45, 2.75) is 13.3 Å². The van der Waals surface area contributed by atoms with Crippen LogP contribution in [0.1, 0.15) is 18.1 Å². The SMILES string of the molecule is COc1ccc(Cc2cnc(NC(C)=O)nc2N)cc1OC. The number of nitrogen functional groups attached to an aromatic ring is 1. The van der Waals surface area contributed by atoms with Gasteiger partial charge in [-0.1, -0.05) is 6.07 Å². The molecule has 22 heavy (non-hydrogen) atoms. The number of hydrogen-bond donors (Lipinski definition) is 2. The van der Waals surface area contributed by atoms with Gasteiger partial charge in [-0.2, -0.15) is 4.98 Å². The van der Waals surface area contributed by atoms with Gasteiger partial charge in [-0.15, -0.1) is 0 Å². The van der Waals surface area contributed by atoms with Gasteiger partial charge in [0, 0.05) is 25.1 Å². The van der Waals surface area contributed by atoms with Gasteiger partial charge >= 0.3 is 0 Å². The maximum atomic E-state index is 11.0. The zero-order valence-corrected chi connectivity index (χ0v) is 12.7. The molecule has 0 unspecified atom stereocenters. The zero-order chi connectivity index (χ0) is 16.1. The molecule has 7 heteroatoms. The molecule has 2 aromatic rings. The number of benzene rings is 1. The molecule has 0 saturated heterocycles. The summed E-state index contributed by atoms with van der Waals surface area (Å²) in [5, 5.41) is 2.49. The molecule has 0 saturated carbocycles. The molecule has 0 aliphatic carbocycles. The lowest BCUT2D eigenvalue weighted by Gasteiger charge is -2.10. The second-order valence-electron chi connectivity index (χ2n) is 4.65. The van der Waals surface area contributed by atoms with Gasteiger partial charge in [0.2, 0.25) is 11.9 Å². The van der Waals surface area contributed by atoms with E-state index in [2.05, 4.69) is 15.3 Å². The highest BCUT2D eigenvalue weighted by Crippen LogP contribution is 2.28. The van der Waals surface area contributed by atoms with Crippen LogP contribution in [-0.2, 0) is 11.2 Å². The first-order valence-electron chi connectivity index (χ1n) is 6.63. The van der Waals surface area contributed by atoms with Gasteiger partial charge in [0.1, 0.15) is 5.82 Å². The number of nitrogens with one attached hydrogen (secondary N) is 1. The first kappa shape index (κ1) is 15.6. The summed E-state index contributed by atoms with van der Waals surface area (Å²) in [6.07, 6.45) is 2.15. The van der Waals surface area contributed by atoms with Crippen LogP contribution >= 0.6 is 0 Å². The Balaban J connectivity index is 2.22. The number of ether oxygens (including phenoxy) is 2. The maximum Gasteiger partial charge on any atom is 0.231 e. The molecule has 0 aliphatic heterocycles. The van der Waals surface area contributed by atoms with E-state index in [0.717, 1.165) is 11.1 Å². The first-order valence-corrected chi connectivity index (χ1v) is 6.63. The monoisotopic (exact) mass is 302 g/mol. The zero-order valence-electron chi connectivity index (χ0n) is 12.7. The van der Waals surface area contributed by atoms with Crippen LogP contribution in [0.4, 0.5) is 11.8 Å². The molecule has 1 amide bonds. The second kappa shape index (κ2) is 6.75. The van der Waals surface area contributed by atoms with E-state index in [1.807, 2.05) is 18.2 Å². The summed E-state index contributed by atoms with van der Waals surface area (Å²) in [6, 6.07) is 5.62. The van der Waals surface area contributed by atoms with E-state index in [4.69, 9.17) is 15.2 Å². The third kappa shape index (κ3) is 3.63. The lowest BCUT2D eigenvalue weighted by atomic mass is 10.1. The molecular formula is C15H18N4O3. The van der Waals surface area contributed by atoms with Gasteiger partial charge in [-0.05, 0) is 17.7 Å². The van der Waals surface area contributed by atoms with Gasteiger partial charge in [-0.3, -0.25) is 10.1 Å². The number of anilines is 2. The largest absolute Gasteiger partial charge is 0.493 e. The van der Waals surface area contributed by atoms with Crippen LogP contribution in [0, 0.1) is 0 Å². The predicted octanol–water partition coefficient (Wildman–Crippen LogP) is 1.63. The normalized spacial score (nSPS) is 10.1. The Kier molecular flexibility index (Phi) is 4.77. The topological polar surface area (TPSA) is 99.4 Å². The quantitative estimate of drug-likeness (QED) is 0.870. The van der Waals surface area contributed by atoms with Gasteiger partial charge in [0.05, 0.1) is 14.2 Å². The number of carbonyl (C=O) groups excluding carboxylic acids is 1. The summed E-state index contributed by atoms with van der Waals surface area (Å²) < 4.78 is 10.5. The molecule has 0 atom stereocenters. The summed E-state index contributed by atoms with van der Waals surface area (Å²) >= 11 is 0. The van der Waals surface area contributed by atoms with Crippen LogP contribution < -0.4 is 20.5 Å². The van der Waals surface area contributed by atoms with E-state index in [-0.39, 0.29) is 11.9 Å². The number of hydrogen-bond acceptors (Lipinski definition) is 6. The van der Waals surface area contributed by atoms with Crippen LogP contribution in [0.15, 0.2) is 24.4 Å². The van der Waals surface area contributed by atoms with Crippen molar-refractivity contribution in [1.82, 2.24) is 9.97 Å². The fourth-order valence-electron chi connectivity index (χ4n) is 1.98. The third-order valence-electron chi connectivity index (χ3n) is 3.03. The molecule has 0 spiro atoms. The Morgan fingerprint density at radius 3 is 2.59 bits per heavy atom. The molecule has 3 N–H and O–H groups in total. The summed E-state index contributed by atoms with van der Waals surface area (Å²) in [5.74, 6) is 1.59. The van der Waals surface area contributed by atoms with E-state index in [1.54, 1.807) is 20.4 Å². The van der Waals surface area contributed by atoms with Crippen molar-refractivity contribution in [3.63, 3.8) is 0 Å². The maximum absolute atomic E-state index is 11.0. The number of carbonyl (C=O) groups is 1. The highest BCUT2D eigenvalue weighted by Gasteiger charge is 2.09. The molecule has 2 rings (SSSR count). The highest BCUT2D eigenvalue weighted by atomic mass is 16.5. The van der Waals surface area contributed by atoms with Gasteiger partial charge in [-0.25, -0.2) is 4.98 Å². The number of rotatable bonds is 5. The minimum Gasteiger partial charge on any atom is -0.493 e. The Morgan fingerprint density at radius 2 is 2.00 bits per heavy atom. The highest BCUT2D eigenvalue weighted by molar-refractivity contribution is 5.86. The number of nitrogens with zero attached hydrogens (tertiary/aromatic N) is 2. The summed E-state index contributed by atoms with van der Waals surface area (Å²) in [6.45, 7) is 1.39. The van der Waals surface area contributed by atoms with Crippen molar-refractivity contribution in [3.05, 3.63) is 35.5 Å². The molecule has 7 nitrogen and oxygen atoms in total. The van der Waals surface area contributed by atoms with Crippen LogP contribution in [-0.4, -0.2) is 30.1 Å². The lowest BCUT2D eigenvalue weighted by molar-refractivity contribution is -0.114. The number of aromatic nitrogens is 2. The van der Waals surface area contributed by atoms with Crippen LogP contribution in [0.5, 0.6) is 11.5 Å². The van der Waals surface area contributed by atoms with E-state index >= 15 is 0 Å². The Morgan fingerprint density at radius 1 is 1.27 bits per heavy atom. The van der Waals surface area contributed by atoms with Crippen molar-refractivity contribution < 1.29 is 14.3 Å². The van der Waals surface area contributed by atoms with Crippen molar-refractivity contribution in [2.24, 2.45) is 0 Å². The Bertz CT molecular complexity index is 688. The van der Waals surface area contributed by atoms with Crippen LogP contribution in [0.3, 0.4) is 0 Å². The van der Waals surface area contributed by atoms with E-state index < -0.39 is 0 Å². The molecule has 0 radical (unpaired) electrons. The molecule has 1 aromatic heterocycles. The second-order valence-corrected chi connectivity index (χ2v) is 4.65. The fourth-order valence-corrected chi connectivity index (χ4v) is 1.98. The molecule has 0 bridgehead atoms. The van der Waals surface area contributed by atoms with E-state index in [0.29, 0.717) is 23.7 Å². The average molecular weight is 302 g/mol. The summed E-state index contributed by atoms with van der Waals surface area (Å²) in [4.78, 5) is 19.1. The van der Waals surface area contributed by atoms with Crippen molar-refractivity contribution in [1.29, 1.82) is 0 Å². The molecule has 0 fully saturated rings. The number of amides is 1. The Labute approximate surface area is 128 Å². The molecule has 0 aliphatic rings. The smallest absolute Gasteiger partial charge is 0.231 e. The summed E-state index contributed by atoms with van der Waals surface area (Å²) in [5.41, 5.74) is 7.66. The molecular weight excluding hydrogens is 284 g/mol. The number of methoxy groups -OCH3 is 2. The molecule has 1 aromatic carbocycles. The van der Waals surface area contributed by atoms with Crippen molar-refractivity contribution >= 4 is 17.7 Å². The fraction of sp³-hybridized carbons (Fsp3) is 0.267. The standard InChI is InChI=1S/C15H18N4O3/c1-9(20)18-15-17-8-11(14(16)19-15)6-10-4-5-12(21-2)13(7-10)22-3/h4-5,7-8H,6H2,1-3H3,(H3,16,17,18,19,20). The minimum absolute atomic E-state index is 0.195. The number of nitrogens with two attached hydrogens (primary N) is 1. The van der Waals surface area contributed by atoms with E-state index in [9.17, 15) is 4.79 Å². The van der Waals surface area contributed by atoms with Crippen molar-refractivity contribution in [3.8, 4) is 11.5 Å². The molecule has 116 valence electrons. The van der Waals surface area contributed by atoms with Gasteiger partial charge < -0.3 is 15.2 Å². The Hall–Kier alpha value is -2.83. The average Bonchev–Trinajstić information content (AvgIpc) is 2.49. The third-order valence-corrected chi connectivity index (χ3v) is 3.03. The summed E-state index contributed by atoms with van der Waals surface area (Å²) in [7, 11) is 3.17. The lowest BCUT2D eigenvalue weighted by Crippen LogP contribution is -2.11. The first-order chi connectivity index (χ1) is 10.5. The van der Waals surface area contributed by atoms with Crippen molar-refractivity contribution in [2.75, 3.05) is 25.3 Å². The van der Waals surface area contributed by atoms with Crippen LogP contribution in [0.25, 0.3) is 0 Å². The minimum atomic E-state index is -0.243. The molecule has 1 heterocycles. The van der Waals surface area contributed by atoms with Crippen LogP contribution in [0.2, 0.25) is 0 Å². The van der Waals surface area contributed by atoms with Gasteiger partial charge in [0.15, 0.2) is 11.5 Å². The van der Waals surface area contributed by atoms with Gasteiger partial charge in [0.25, 0.3) is 0 Å². The predicted molar refractivity (Wildman–Crippen MR) is 83.1 cm³/mol. The van der Waals surface area contributed by atoms with E-state index in [1.165, 1.54) is 6.92 Å².